The molecule has 0 spiro atoms. The zero-order valence-corrected chi connectivity index (χ0v) is 15.9. The van der Waals surface area contributed by atoms with E-state index in [0.717, 1.165) is 47.2 Å². The Morgan fingerprint density at radius 1 is 0.963 bits per heavy atom. The van der Waals surface area contributed by atoms with E-state index in [1.54, 1.807) is 0 Å². The molecule has 0 unspecified atom stereocenters. The van der Waals surface area contributed by atoms with Crippen LogP contribution in [0.15, 0.2) is 46.9 Å². The Morgan fingerprint density at radius 2 is 1.74 bits per heavy atom. The van der Waals surface area contributed by atoms with Crippen LogP contribution in [0.25, 0.3) is 33.7 Å². The quantitative estimate of drug-likeness (QED) is 0.521. The molecule has 0 aliphatic heterocycles. The molecule has 27 heavy (non-hydrogen) atoms. The largest absolute Gasteiger partial charge is 0.435 e. The number of para-hydroxylation sites is 2. The maximum Gasteiger partial charge on any atom is 0.250 e. The molecule has 4 rings (SSSR count). The van der Waals surface area contributed by atoms with Crippen molar-refractivity contribution in [3.63, 3.8) is 0 Å². The van der Waals surface area contributed by atoms with Crippen LogP contribution in [0.2, 0.25) is 0 Å². The van der Waals surface area contributed by atoms with Crippen LogP contribution in [0.4, 0.5) is 5.82 Å². The summed E-state index contributed by atoms with van der Waals surface area (Å²) in [7, 11) is 4.14. The SMILES string of the molecule is Cc1ccc2oc(-c3nc4ccccc4nc3NCCCN(C)C)nc2c1. The van der Waals surface area contributed by atoms with Crippen molar-refractivity contribution in [2.45, 2.75) is 13.3 Å². The van der Waals surface area contributed by atoms with Gasteiger partial charge in [-0.3, -0.25) is 0 Å². The van der Waals surface area contributed by atoms with Gasteiger partial charge in [-0.25, -0.2) is 15.0 Å². The number of rotatable bonds is 6. The number of nitrogens with zero attached hydrogens (tertiary/aromatic N) is 4. The molecule has 0 amide bonds. The van der Waals surface area contributed by atoms with Crippen LogP contribution < -0.4 is 5.32 Å². The fourth-order valence-corrected chi connectivity index (χ4v) is 3.01. The van der Waals surface area contributed by atoms with E-state index in [2.05, 4.69) is 29.3 Å². The molecule has 0 aliphatic rings. The van der Waals surface area contributed by atoms with Crippen LogP contribution >= 0.6 is 0 Å². The lowest BCUT2D eigenvalue weighted by atomic mass is 10.2. The summed E-state index contributed by atoms with van der Waals surface area (Å²) >= 11 is 0. The van der Waals surface area contributed by atoms with Crippen molar-refractivity contribution >= 4 is 28.0 Å². The van der Waals surface area contributed by atoms with Crippen molar-refractivity contribution < 1.29 is 4.42 Å². The number of hydrogen-bond donors (Lipinski definition) is 1. The maximum absolute atomic E-state index is 5.98. The molecular formula is C21H23N5O. The van der Waals surface area contributed by atoms with E-state index in [0.29, 0.717) is 17.4 Å². The van der Waals surface area contributed by atoms with Gasteiger partial charge in [0.2, 0.25) is 5.89 Å². The molecule has 0 bridgehead atoms. The molecule has 2 aromatic carbocycles. The third-order valence-electron chi connectivity index (χ3n) is 4.39. The fourth-order valence-electron chi connectivity index (χ4n) is 3.01. The van der Waals surface area contributed by atoms with Gasteiger partial charge >= 0.3 is 0 Å². The number of fused-ring (bicyclic) bond motifs is 2. The smallest absolute Gasteiger partial charge is 0.250 e. The minimum Gasteiger partial charge on any atom is -0.435 e. The molecule has 2 aromatic heterocycles. The van der Waals surface area contributed by atoms with Crippen LogP contribution in [0, 0.1) is 6.92 Å². The van der Waals surface area contributed by atoms with Gasteiger partial charge in [0.15, 0.2) is 17.1 Å². The molecule has 6 nitrogen and oxygen atoms in total. The van der Waals surface area contributed by atoms with Crippen molar-refractivity contribution in [1.82, 2.24) is 19.9 Å². The van der Waals surface area contributed by atoms with Crippen molar-refractivity contribution in [2.75, 3.05) is 32.5 Å². The molecule has 0 radical (unpaired) electrons. The molecule has 138 valence electrons. The first-order valence-corrected chi connectivity index (χ1v) is 9.13. The van der Waals surface area contributed by atoms with E-state index in [1.807, 2.05) is 49.4 Å². The second-order valence-corrected chi connectivity index (χ2v) is 6.98. The summed E-state index contributed by atoms with van der Waals surface area (Å²) in [6, 6.07) is 13.8. The summed E-state index contributed by atoms with van der Waals surface area (Å²) < 4.78 is 5.98. The molecular weight excluding hydrogens is 338 g/mol. The Balaban J connectivity index is 1.74. The highest BCUT2D eigenvalue weighted by molar-refractivity contribution is 5.83. The number of aromatic nitrogens is 3. The number of hydrogen-bond acceptors (Lipinski definition) is 6. The molecule has 0 atom stereocenters. The van der Waals surface area contributed by atoms with Crippen LogP contribution in [0.1, 0.15) is 12.0 Å². The molecule has 2 heterocycles. The first kappa shape index (κ1) is 17.4. The summed E-state index contributed by atoms with van der Waals surface area (Å²) in [6.45, 7) is 3.85. The summed E-state index contributed by atoms with van der Waals surface area (Å²) in [5.41, 5.74) is 5.05. The summed E-state index contributed by atoms with van der Waals surface area (Å²) in [5.74, 6) is 1.19. The summed E-state index contributed by atoms with van der Waals surface area (Å²) in [4.78, 5) is 16.4. The van der Waals surface area contributed by atoms with Gasteiger partial charge < -0.3 is 14.6 Å². The first-order chi connectivity index (χ1) is 13.1. The Morgan fingerprint density at radius 3 is 2.52 bits per heavy atom. The number of oxazole rings is 1. The third-order valence-corrected chi connectivity index (χ3v) is 4.39. The molecule has 0 saturated carbocycles. The minimum atomic E-state index is 0.490. The van der Waals surface area contributed by atoms with Gasteiger partial charge in [0.25, 0.3) is 0 Å². The summed E-state index contributed by atoms with van der Waals surface area (Å²) in [6.07, 6.45) is 1.01. The average molecular weight is 361 g/mol. The van der Waals surface area contributed by atoms with Crippen molar-refractivity contribution in [1.29, 1.82) is 0 Å². The monoisotopic (exact) mass is 361 g/mol. The van der Waals surface area contributed by atoms with Gasteiger partial charge in [0.05, 0.1) is 11.0 Å². The minimum absolute atomic E-state index is 0.490. The van der Waals surface area contributed by atoms with Crippen molar-refractivity contribution in [2.24, 2.45) is 0 Å². The standard InChI is InChI=1S/C21H23N5O/c1-14-9-10-18-17(13-14)25-21(27-18)19-20(22-11-6-12-26(2)3)24-16-8-5-4-7-15(16)23-19/h4-5,7-10,13H,6,11-12H2,1-3H3,(H,22,24). The van der Waals surface area contributed by atoms with Gasteiger partial charge in [-0.2, -0.15) is 0 Å². The van der Waals surface area contributed by atoms with E-state index in [4.69, 9.17) is 14.4 Å². The highest BCUT2D eigenvalue weighted by Crippen LogP contribution is 2.29. The van der Waals surface area contributed by atoms with Gasteiger partial charge in [-0.15, -0.1) is 0 Å². The van der Waals surface area contributed by atoms with Gasteiger partial charge in [0, 0.05) is 6.54 Å². The predicted molar refractivity (Wildman–Crippen MR) is 109 cm³/mol. The van der Waals surface area contributed by atoms with Gasteiger partial charge in [-0.05, 0) is 63.8 Å². The predicted octanol–water partition coefficient (Wildman–Crippen LogP) is 4.11. The molecule has 0 aliphatic carbocycles. The van der Waals surface area contributed by atoms with Crippen LogP contribution in [-0.2, 0) is 0 Å². The Hall–Kier alpha value is -2.99. The Kier molecular flexibility index (Phi) is 4.73. The highest BCUT2D eigenvalue weighted by Gasteiger charge is 2.17. The average Bonchev–Trinajstić information content (AvgIpc) is 3.07. The first-order valence-electron chi connectivity index (χ1n) is 9.13. The Bertz CT molecular complexity index is 1090. The maximum atomic E-state index is 5.98. The van der Waals surface area contributed by atoms with Gasteiger partial charge in [0.1, 0.15) is 5.52 Å². The lowest BCUT2D eigenvalue weighted by Crippen LogP contribution is -2.17. The van der Waals surface area contributed by atoms with Gasteiger partial charge in [-0.1, -0.05) is 18.2 Å². The lowest BCUT2D eigenvalue weighted by Gasteiger charge is -2.12. The van der Waals surface area contributed by atoms with Crippen molar-refractivity contribution in [3.05, 3.63) is 48.0 Å². The topological polar surface area (TPSA) is 67.1 Å². The van der Waals surface area contributed by atoms with E-state index in [1.165, 1.54) is 0 Å². The number of anilines is 1. The second-order valence-electron chi connectivity index (χ2n) is 6.98. The summed E-state index contributed by atoms with van der Waals surface area (Å²) in [5, 5.41) is 3.41. The molecule has 4 aromatic rings. The van der Waals surface area contributed by atoms with Crippen LogP contribution in [-0.4, -0.2) is 47.0 Å². The zero-order valence-electron chi connectivity index (χ0n) is 15.9. The van der Waals surface area contributed by atoms with E-state index in [-0.39, 0.29) is 0 Å². The fraction of sp³-hybridized carbons (Fsp3) is 0.286. The zero-order chi connectivity index (χ0) is 18.8. The van der Waals surface area contributed by atoms with E-state index in [9.17, 15) is 0 Å². The van der Waals surface area contributed by atoms with Crippen LogP contribution in [0.5, 0.6) is 0 Å². The lowest BCUT2D eigenvalue weighted by molar-refractivity contribution is 0.405. The van der Waals surface area contributed by atoms with E-state index < -0.39 is 0 Å². The van der Waals surface area contributed by atoms with E-state index >= 15 is 0 Å². The molecule has 1 N–H and O–H groups in total. The molecule has 0 saturated heterocycles. The number of benzene rings is 2. The van der Waals surface area contributed by atoms with Crippen molar-refractivity contribution in [3.8, 4) is 11.6 Å². The molecule has 0 fully saturated rings. The highest BCUT2D eigenvalue weighted by atomic mass is 16.3. The molecule has 6 heteroatoms. The normalized spacial score (nSPS) is 11.6. The Labute approximate surface area is 158 Å². The second kappa shape index (κ2) is 7.32. The third kappa shape index (κ3) is 3.75. The number of aryl methyl sites for hydroxylation is 1. The van der Waals surface area contributed by atoms with Crippen LogP contribution in [0.3, 0.4) is 0 Å². The number of nitrogens with one attached hydrogen (secondary N) is 1.